The molecule has 0 atom stereocenters. The van der Waals surface area contributed by atoms with Crippen LogP contribution in [0.25, 0.3) is 72.9 Å². The Morgan fingerprint density at radius 2 is 1.23 bits per heavy atom. The van der Waals surface area contributed by atoms with E-state index in [4.69, 9.17) is 4.98 Å². The lowest BCUT2D eigenvalue weighted by Gasteiger charge is -2.26. The minimum atomic E-state index is 0.438. The fourth-order valence-electron chi connectivity index (χ4n) is 8.45. The number of nitrogens with zero attached hydrogens (tertiary/aromatic N) is 3. The van der Waals surface area contributed by atoms with Crippen molar-refractivity contribution in [3.8, 4) is 39.3 Å². The molecule has 5 heteroatoms. The third kappa shape index (κ3) is 6.97. The Bertz CT molecular complexity index is 3070. The minimum absolute atomic E-state index is 0.438. The predicted octanol–water partition coefficient (Wildman–Crippen LogP) is 12.8. The van der Waals surface area contributed by atoms with Crippen LogP contribution in [0.3, 0.4) is 0 Å². The first kappa shape index (κ1) is 36.6. The summed E-state index contributed by atoms with van der Waals surface area (Å²) < 4.78 is 2.35. The molecule has 1 aliphatic rings. The van der Waals surface area contributed by atoms with Gasteiger partial charge in [0.1, 0.15) is 5.82 Å². The van der Waals surface area contributed by atoms with Gasteiger partial charge in [0.05, 0.1) is 22.4 Å². The highest BCUT2D eigenvalue weighted by Gasteiger charge is 2.25. The fourth-order valence-corrected chi connectivity index (χ4v) is 8.45. The predicted molar refractivity (Wildman–Crippen MR) is 252 cm³/mol. The number of nitrogens with one attached hydrogen (secondary N) is 2. The van der Waals surface area contributed by atoms with E-state index in [9.17, 15) is 5.41 Å². The summed E-state index contributed by atoms with van der Waals surface area (Å²) in [4.78, 5) is 7.79. The summed E-state index contributed by atoms with van der Waals surface area (Å²) in [7, 11) is 2.16. The van der Waals surface area contributed by atoms with Gasteiger partial charge in [-0.05, 0) is 63.2 Å². The standard InChI is InChI=1S/C55H43N5/c1-59-33-15-28-49-52-54(48-27-12-11-26-47(48)53(49)59)60(55(58-52)42-20-9-4-10-21-42)46-25-14-23-44(35-46)43-22-13-24-45(34-43)51(57-37-38-16-5-2-6-17-38)36-50(56)41-31-29-40(30-32-41)39-18-7-3-8-19-39/h2-32,34-36,56-57H,33,37H2,1H3/b51-36-,56-50?. The average Bonchev–Trinajstić information content (AvgIpc) is 3.73. The largest absolute Gasteiger partial charge is 0.380 e. The van der Waals surface area contributed by atoms with Gasteiger partial charge in [0.25, 0.3) is 0 Å². The lowest BCUT2D eigenvalue weighted by molar-refractivity contribution is 0.890. The zero-order valence-electron chi connectivity index (χ0n) is 33.4. The first-order valence-corrected chi connectivity index (χ1v) is 20.4. The zero-order chi connectivity index (χ0) is 40.4. The highest BCUT2D eigenvalue weighted by atomic mass is 15.1. The molecule has 60 heavy (non-hydrogen) atoms. The van der Waals surface area contributed by atoms with Crippen molar-refractivity contribution in [2.24, 2.45) is 0 Å². The van der Waals surface area contributed by atoms with Crippen molar-refractivity contribution < 1.29 is 0 Å². The number of fused-ring (bicyclic) bond motifs is 6. The van der Waals surface area contributed by atoms with Crippen LogP contribution in [0.2, 0.25) is 0 Å². The van der Waals surface area contributed by atoms with Crippen molar-refractivity contribution in [3.63, 3.8) is 0 Å². The number of imidazole rings is 1. The van der Waals surface area contributed by atoms with Crippen molar-refractivity contribution in [1.29, 1.82) is 5.41 Å². The molecule has 0 bridgehead atoms. The third-order valence-electron chi connectivity index (χ3n) is 11.4. The molecular formula is C55H43N5. The number of hydrogen-bond donors (Lipinski definition) is 2. The van der Waals surface area contributed by atoms with Gasteiger partial charge >= 0.3 is 0 Å². The van der Waals surface area contributed by atoms with Gasteiger partial charge in [-0.3, -0.25) is 4.57 Å². The SMILES string of the molecule is CN1CC=Cc2c1c1ccccc1c1c2nc(-c2ccccc2)n1-c1cccc(-c2cccc(/C(=C/C(=N)c3ccc(-c4ccccc4)cc3)NCc3ccccc3)c2)c1. The number of aromatic nitrogens is 2. The summed E-state index contributed by atoms with van der Waals surface area (Å²) in [5.74, 6) is 0.905. The number of rotatable bonds is 10. The second-order valence-electron chi connectivity index (χ2n) is 15.3. The van der Waals surface area contributed by atoms with Crippen molar-refractivity contribution in [3.05, 3.63) is 222 Å². The van der Waals surface area contributed by atoms with E-state index in [0.29, 0.717) is 12.3 Å². The number of hydrogen-bond acceptors (Lipinski definition) is 4. The van der Waals surface area contributed by atoms with Crippen LogP contribution in [-0.4, -0.2) is 28.9 Å². The molecule has 2 N–H and O–H groups in total. The van der Waals surface area contributed by atoms with Crippen LogP contribution in [0.4, 0.5) is 5.69 Å². The molecule has 8 aromatic carbocycles. The Morgan fingerprint density at radius 3 is 1.98 bits per heavy atom. The molecule has 0 spiro atoms. The molecule has 0 unspecified atom stereocenters. The maximum absolute atomic E-state index is 9.25. The van der Waals surface area contributed by atoms with E-state index in [-0.39, 0.29) is 0 Å². The lowest BCUT2D eigenvalue weighted by atomic mass is 9.97. The molecule has 1 aliphatic heterocycles. The molecule has 10 rings (SSSR count). The van der Waals surface area contributed by atoms with E-state index in [2.05, 4.69) is 198 Å². The van der Waals surface area contributed by atoms with E-state index in [0.717, 1.165) is 79.3 Å². The van der Waals surface area contributed by atoms with Gasteiger partial charge in [-0.25, -0.2) is 4.98 Å². The summed E-state index contributed by atoms with van der Waals surface area (Å²) in [5, 5.41) is 15.3. The van der Waals surface area contributed by atoms with E-state index in [1.54, 1.807) is 0 Å². The summed E-state index contributed by atoms with van der Waals surface area (Å²) >= 11 is 0. The number of anilines is 1. The molecule has 0 saturated heterocycles. The highest BCUT2D eigenvalue weighted by Crippen LogP contribution is 2.43. The normalized spacial score (nSPS) is 12.5. The third-order valence-corrected chi connectivity index (χ3v) is 11.4. The van der Waals surface area contributed by atoms with E-state index in [1.165, 1.54) is 22.0 Å². The first-order valence-electron chi connectivity index (χ1n) is 20.4. The second-order valence-corrected chi connectivity index (χ2v) is 15.3. The first-order chi connectivity index (χ1) is 29.6. The maximum Gasteiger partial charge on any atom is 0.145 e. The van der Waals surface area contributed by atoms with Gasteiger partial charge < -0.3 is 15.6 Å². The van der Waals surface area contributed by atoms with Crippen molar-refractivity contribution in [2.75, 3.05) is 18.5 Å². The highest BCUT2D eigenvalue weighted by molar-refractivity contribution is 6.17. The Labute approximate surface area is 350 Å². The zero-order valence-corrected chi connectivity index (χ0v) is 33.4. The Morgan fingerprint density at radius 1 is 0.617 bits per heavy atom. The fraction of sp³-hybridized carbons (Fsp3) is 0.0545. The van der Waals surface area contributed by atoms with Gasteiger partial charge in [0.15, 0.2) is 0 Å². The summed E-state index contributed by atoms with van der Waals surface area (Å²) in [6.07, 6.45) is 6.43. The molecule has 288 valence electrons. The van der Waals surface area contributed by atoms with Crippen LogP contribution >= 0.6 is 0 Å². The van der Waals surface area contributed by atoms with Gasteiger partial charge in [-0.2, -0.15) is 0 Å². The molecule has 0 aliphatic carbocycles. The van der Waals surface area contributed by atoms with E-state index in [1.807, 2.05) is 30.3 Å². The Hall–Kier alpha value is -7.76. The van der Waals surface area contributed by atoms with Crippen molar-refractivity contribution in [2.45, 2.75) is 6.54 Å². The van der Waals surface area contributed by atoms with Gasteiger partial charge in [0, 0.05) is 53.4 Å². The maximum atomic E-state index is 9.25. The van der Waals surface area contributed by atoms with Crippen LogP contribution in [0, 0.1) is 5.41 Å². The quantitative estimate of drug-likeness (QED) is 0.136. The second kappa shape index (κ2) is 15.9. The molecule has 5 nitrogen and oxygen atoms in total. The molecule has 9 aromatic rings. The van der Waals surface area contributed by atoms with Gasteiger partial charge in [-0.15, -0.1) is 0 Å². The smallest absolute Gasteiger partial charge is 0.145 e. The molecule has 0 saturated carbocycles. The Kier molecular flexibility index (Phi) is 9.68. The van der Waals surface area contributed by atoms with Crippen LogP contribution in [-0.2, 0) is 6.54 Å². The van der Waals surface area contributed by atoms with Crippen LogP contribution in [0.1, 0.15) is 22.3 Å². The van der Waals surface area contributed by atoms with E-state index < -0.39 is 0 Å². The topological polar surface area (TPSA) is 56.9 Å². The van der Waals surface area contributed by atoms with E-state index >= 15 is 0 Å². The average molecular weight is 774 g/mol. The summed E-state index contributed by atoms with van der Waals surface area (Å²) in [5.41, 5.74) is 15.4. The molecule has 2 heterocycles. The van der Waals surface area contributed by atoms with Gasteiger partial charge in [-0.1, -0.05) is 182 Å². The summed E-state index contributed by atoms with van der Waals surface area (Å²) in [6, 6.07) is 65.7. The van der Waals surface area contributed by atoms with Crippen LogP contribution in [0.15, 0.2) is 200 Å². The lowest BCUT2D eigenvalue weighted by Crippen LogP contribution is -2.20. The molecule has 0 radical (unpaired) electrons. The molecule has 0 fully saturated rings. The number of benzene rings is 8. The minimum Gasteiger partial charge on any atom is -0.380 e. The van der Waals surface area contributed by atoms with Crippen LogP contribution < -0.4 is 10.2 Å². The van der Waals surface area contributed by atoms with Crippen molar-refractivity contribution >= 4 is 45.0 Å². The summed E-state index contributed by atoms with van der Waals surface area (Å²) in [6.45, 7) is 1.49. The molecule has 0 amide bonds. The monoisotopic (exact) mass is 773 g/mol. The van der Waals surface area contributed by atoms with Gasteiger partial charge in [0.2, 0.25) is 0 Å². The van der Waals surface area contributed by atoms with Crippen LogP contribution in [0.5, 0.6) is 0 Å². The van der Waals surface area contributed by atoms with Crippen molar-refractivity contribution in [1.82, 2.24) is 14.9 Å². The number of allylic oxidation sites excluding steroid dienone is 1. The Balaban J connectivity index is 1.07. The number of likely N-dealkylation sites (N-methyl/N-ethyl adjacent to an activating group) is 1. The molecule has 1 aromatic heterocycles. The molecular weight excluding hydrogens is 731 g/mol.